The fourth-order valence-corrected chi connectivity index (χ4v) is 1.75. The standard InChI is InChI=1S/C10H20N2O4S/c1-6(4-5-17-3)11-10(16)12-8(7(2)13)9(14)15/h6-8,13H,4-5H2,1-3H3,(H,14,15)(H2,11,12,16). The Kier molecular flexibility index (Phi) is 7.73. The summed E-state index contributed by atoms with van der Waals surface area (Å²) in [6, 6.07) is -1.90. The number of carbonyl (C=O) groups is 2. The molecule has 0 aromatic rings. The van der Waals surface area contributed by atoms with E-state index in [4.69, 9.17) is 5.11 Å². The molecule has 0 heterocycles. The number of hydrogen-bond donors (Lipinski definition) is 4. The Labute approximate surface area is 105 Å². The SMILES string of the molecule is CSCCC(C)NC(=O)NC(C(=O)O)C(C)O. The van der Waals surface area contributed by atoms with Crippen molar-refractivity contribution in [3.8, 4) is 0 Å². The Morgan fingerprint density at radius 3 is 2.29 bits per heavy atom. The second-order valence-corrected chi connectivity index (χ2v) is 4.84. The lowest BCUT2D eigenvalue weighted by Gasteiger charge is -2.19. The molecule has 0 saturated carbocycles. The van der Waals surface area contributed by atoms with Crippen LogP contribution in [0.1, 0.15) is 20.3 Å². The van der Waals surface area contributed by atoms with Crippen LogP contribution in [0.25, 0.3) is 0 Å². The summed E-state index contributed by atoms with van der Waals surface area (Å²) in [5, 5.41) is 22.8. The molecule has 4 N–H and O–H groups in total. The summed E-state index contributed by atoms with van der Waals surface area (Å²) in [5.74, 6) is -0.341. The van der Waals surface area contributed by atoms with Crippen molar-refractivity contribution in [2.45, 2.75) is 38.5 Å². The number of aliphatic hydroxyl groups excluding tert-OH is 1. The van der Waals surface area contributed by atoms with Gasteiger partial charge in [-0.3, -0.25) is 0 Å². The largest absolute Gasteiger partial charge is 0.480 e. The van der Waals surface area contributed by atoms with Crippen LogP contribution in [0.5, 0.6) is 0 Å². The molecule has 0 aromatic heterocycles. The van der Waals surface area contributed by atoms with Gasteiger partial charge in [-0.05, 0) is 32.3 Å². The second-order valence-electron chi connectivity index (χ2n) is 3.86. The molecule has 0 rings (SSSR count). The number of carbonyl (C=O) groups excluding carboxylic acids is 1. The summed E-state index contributed by atoms with van der Waals surface area (Å²) in [6.07, 6.45) is 1.64. The third-order valence-corrected chi connectivity index (χ3v) is 2.81. The molecule has 0 aliphatic rings. The number of nitrogens with one attached hydrogen (secondary N) is 2. The van der Waals surface area contributed by atoms with Crippen molar-refractivity contribution in [1.29, 1.82) is 0 Å². The van der Waals surface area contributed by atoms with Gasteiger partial charge in [0, 0.05) is 6.04 Å². The number of thioether (sulfide) groups is 1. The van der Waals surface area contributed by atoms with E-state index in [1.54, 1.807) is 11.8 Å². The van der Waals surface area contributed by atoms with Gasteiger partial charge < -0.3 is 20.8 Å². The molecule has 0 fully saturated rings. The first-order valence-corrected chi connectivity index (χ1v) is 6.74. The molecule has 0 radical (unpaired) electrons. The molecule has 100 valence electrons. The van der Waals surface area contributed by atoms with Crippen molar-refractivity contribution in [3.63, 3.8) is 0 Å². The highest BCUT2D eigenvalue weighted by molar-refractivity contribution is 7.98. The van der Waals surface area contributed by atoms with E-state index in [1.807, 2.05) is 13.2 Å². The summed E-state index contributed by atoms with van der Waals surface area (Å²) in [7, 11) is 0. The van der Waals surface area contributed by atoms with Gasteiger partial charge in [0.1, 0.15) is 0 Å². The summed E-state index contributed by atoms with van der Waals surface area (Å²) >= 11 is 1.67. The van der Waals surface area contributed by atoms with E-state index in [9.17, 15) is 14.7 Å². The van der Waals surface area contributed by atoms with Gasteiger partial charge >= 0.3 is 12.0 Å². The van der Waals surface area contributed by atoms with Gasteiger partial charge in [0.25, 0.3) is 0 Å². The topological polar surface area (TPSA) is 98.7 Å². The van der Waals surface area contributed by atoms with Crippen LogP contribution in [0.15, 0.2) is 0 Å². The maximum Gasteiger partial charge on any atom is 0.328 e. The lowest BCUT2D eigenvalue weighted by atomic mass is 10.2. The molecule has 0 bridgehead atoms. The summed E-state index contributed by atoms with van der Waals surface area (Å²) < 4.78 is 0. The number of carboxylic acids is 1. The molecule has 17 heavy (non-hydrogen) atoms. The van der Waals surface area contributed by atoms with E-state index in [2.05, 4.69) is 10.6 Å². The molecule has 3 unspecified atom stereocenters. The van der Waals surface area contributed by atoms with Gasteiger partial charge in [-0.15, -0.1) is 0 Å². The van der Waals surface area contributed by atoms with Crippen molar-refractivity contribution in [2.75, 3.05) is 12.0 Å². The molecule has 7 heteroatoms. The predicted molar refractivity (Wildman–Crippen MR) is 67.2 cm³/mol. The van der Waals surface area contributed by atoms with E-state index in [-0.39, 0.29) is 6.04 Å². The molecule has 0 aromatic carbocycles. The van der Waals surface area contributed by atoms with Crippen molar-refractivity contribution >= 4 is 23.8 Å². The number of amides is 2. The molecule has 2 amide bonds. The fourth-order valence-electron chi connectivity index (χ4n) is 1.16. The number of rotatable bonds is 7. The highest BCUT2D eigenvalue weighted by Gasteiger charge is 2.25. The quantitative estimate of drug-likeness (QED) is 0.529. The van der Waals surface area contributed by atoms with Crippen LogP contribution in [0.3, 0.4) is 0 Å². The van der Waals surface area contributed by atoms with Gasteiger partial charge in [0.15, 0.2) is 6.04 Å². The first-order chi connectivity index (χ1) is 7.88. The van der Waals surface area contributed by atoms with Crippen LogP contribution in [-0.4, -0.2) is 52.4 Å². The first kappa shape index (κ1) is 16.1. The highest BCUT2D eigenvalue weighted by Crippen LogP contribution is 2.00. The van der Waals surface area contributed by atoms with Gasteiger partial charge in [-0.2, -0.15) is 11.8 Å². The molecule has 0 saturated heterocycles. The zero-order chi connectivity index (χ0) is 13.4. The van der Waals surface area contributed by atoms with Crippen LogP contribution >= 0.6 is 11.8 Å². The fraction of sp³-hybridized carbons (Fsp3) is 0.800. The van der Waals surface area contributed by atoms with Crippen LogP contribution in [0.2, 0.25) is 0 Å². The van der Waals surface area contributed by atoms with E-state index in [0.29, 0.717) is 0 Å². The smallest absolute Gasteiger partial charge is 0.328 e. The molecular formula is C10H20N2O4S. The summed E-state index contributed by atoms with van der Waals surface area (Å²) in [6.45, 7) is 3.16. The second kappa shape index (κ2) is 8.19. The minimum atomic E-state index is -1.29. The van der Waals surface area contributed by atoms with Crippen molar-refractivity contribution in [3.05, 3.63) is 0 Å². The number of carboxylic acid groups (broad SMARTS) is 1. The molecular weight excluding hydrogens is 244 g/mol. The van der Waals surface area contributed by atoms with Crippen LogP contribution < -0.4 is 10.6 Å². The molecule has 0 spiro atoms. The lowest BCUT2D eigenvalue weighted by Crippen LogP contribution is -2.52. The third-order valence-electron chi connectivity index (χ3n) is 2.17. The zero-order valence-corrected chi connectivity index (χ0v) is 11.1. The van der Waals surface area contributed by atoms with Gasteiger partial charge in [-0.25, -0.2) is 9.59 Å². The molecule has 3 atom stereocenters. The minimum Gasteiger partial charge on any atom is -0.480 e. The molecule has 0 aliphatic heterocycles. The monoisotopic (exact) mass is 264 g/mol. The maximum absolute atomic E-state index is 11.4. The lowest BCUT2D eigenvalue weighted by molar-refractivity contribution is -0.141. The summed E-state index contributed by atoms with van der Waals surface area (Å²) in [4.78, 5) is 22.2. The maximum atomic E-state index is 11.4. The van der Waals surface area contributed by atoms with Crippen molar-refractivity contribution in [2.24, 2.45) is 0 Å². The van der Waals surface area contributed by atoms with Gasteiger partial charge in [0.05, 0.1) is 6.10 Å². The van der Waals surface area contributed by atoms with E-state index < -0.39 is 24.1 Å². The van der Waals surface area contributed by atoms with E-state index in [1.165, 1.54) is 6.92 Å². The molecule has 6 nitrogen and oxygen atoms in total. The Hall–Kier alpha value is -0.950. The average molecular weight is 264 g/mol. The average Bonchev–Trinajstić information content (AvgIpc) is 2.22. The number of urea groups is 1. The zero-order valence-electron chi connectivity index (χ0n) is 10.3. The number of hydrogen-bond acceptors (Lipinski definition) is 4. The Balaban J connectivity index is 4.10. The molecule has 0 aliphatic carbocycles. The van der Waals surface area contributed by atoms with Crippen LogP contribution in [-0.2, 0) is 4.79 Å². The van der Waals surface area contributed by atoms with Gasteiger partial charge in [-0.1, -0.05) is 0 Å². The highest BCUT2D eigenvalue weighted by atomic mass is 32.2. The van der Waals surface area contributed by atoms with E-state index in [0.717, 1.165) is 12.2 Å². The van der Waals surface area contributed by atoms with E-state index >= 15 is 0 Å². The van der Waals surface area contributed by atoms with Crippen molar-refractivity contribution < 1.29 is 19.8 Å². The normalized spacial score (nSPS) is 15.8. The Morgan fingerprint density at radius 1 is 1.29 bits per heavy atom. The minimum absolute atomic E-state index is 0.0362. The van der Waals surface area contributed by atoms with Crippen LogP contribution in [0.4, 0.5) is 4.79 Å². The third kappa shape index (κ3) is 7.06. The van der Waals surface area contributed by atoms with Crippen molar-refractivity contribution in [1.82, 2.24) is 10.6 Å². The summed E-state index contributed by atoms with van der Waals surface area (Å²) in [5.41, 5.74) is 0. The number of aliphatic hydroxyl groups is 1. The predicted octanol–water partition coefficient (Wildman–Crippen LogP) is 0.261. The first-order valence-electron chi connectivity index (χ1n) is 5.35. The van der Waals surface area contributed by atoms with Gasteiger partial charge in [0.2, 0.25) is 0 Å². The Bertz CT molecular complexity index is 261. The number of aliphatic carboxylic acids is 1. The van der Waals surface area contributed by atoms with Crippen LogP contribution in [0, 0.1) is 0 Å². The Morgan fingerprint density at radius 2 is 1.88 bits per heavy atom.